The molecule has 2 N–H and O–H groups in total. The van der Waals surface area contributed by atoms with E-state index in [0.717, 1.165) is 6.42 Å². The van der Waals surface area contributed by atoms with Crippen LogP contribution >= 0.6 is 0 Å². The average molecular weight is 313 g/mol. The monoisotopic (exact) mass is 313 g/mol. The SMILES string of the molecule is COC(=O)N[C@H](C(=O)N1CCC[C@H]1C(=O)NC(C)C)C(C)C. The summed E-state index contributed by atoms with van der Waals surface area (Å²) >= 11 is 0. The van der Waals surface area contributed by atoms with E-state index in [0.29, 0.717) is 13.0 Å². The highest BCUT2D eigenvalue weighted by Crippen LogP contribution is 2.20. The standard InChI is InChI=1S/C15H27N3O4/c1-9(2)12(17-15(21)22-5)14(20)18-8-6-7-11(18)13(19)16-10(3)4/h9-12H,6-8H2,1-5H3,(H,16,19)(H,17,21)/t11-,12-/m0/s1. The van der Waals surface area contributed by atoms with Gasteiger partial charge in [0.2, 0.25) is 11.8 Å². The molecular weight excluding hydrogens is 286 g/mol. The number of ether oxygens (including phenoxy) is 1. The number of alkyl carbamates (subject to hydrolysis) is 1. The number of nitrogens with zero attached hydrogens (tertiary/aromatic N) is 1. The van der Waals surface area contributed by atoms with Gasteiger partial charge >= 0.3 is 6.09 Å². The van der Waals surface area contributed by atoms with Gasteiger partial charge in [-0.2, -0.15) is 0 Å². The zero-order valence-corrected chi connectivity index (χ0v) is 14.0. The topological polar surface area (TPSA) is 87.7 Å². The van der Waals surface area contributed by atoms with E-state index in [-0.39, 0.29) is 23.8 Å². The number of likely N-dealkylation sites (tertiary alicyclic amines) is 1. The van der Waals surface area contributed by atoms with Crippen LogP contribution < -0.4 is 10.6 Å². The van der Waals surface area contributed by atoms with Crippen LogP contribution in [0.5, 0.6) is 0 Å². The van der Waals surface area contributed by atoms with Gasteiger partial charge in [-0.3, -0.25) is 9.59 Å². The first-order valence-corrected chi connectivity index (χ1v) is 7.73. The van der Waals surface area contributed by atoms with Gasteiger partial charge in [-0.25, -0.2) is 4.79 Å². The van der Waals surface area contributed by atoms with Gasteiger partial charge in [0, 0.05) is 12.6 Å². The van der Waals surface area contributed by atoms with E-state index < -0.39 is 18.2 Å². The second kappa shape index (κ2) is 8.00. The summed E-state index contributed by atoms with van der Waals surface area (Å²) < 4.78 is 4.57. The minimum Gasteiger partial charge on any atom is -0.453 e. The molecule has 1 aliphatic rings. The summed E-state index contributed by atoms with van der Waals surface area (Å²) in [6.45, 7) is 7.99. The van der Waals surface area contributed by atoms with E-state index >= 15 is 0 Å². The molecule has 0 unspecified atom stereocenters. The Labute approximate surface area is 131 Å². The highest BCUT2D eigenvalue weighted by atomic mass is 16.5. The maximum absolute atomic E-state index is 12.7. The van der Waals surface area contributed by atoms with E-state index in [4.69, 9.17) is 0 Å². The first kappa shape index (κ1) is 18.3. The number of nitrogens with one attached hydrogen (secondary N) is 2. The van der Waals surface area contributed by atoms with Crippen molar-refractivity contribution in [2.24, 2.45) is 5.92 Å². The Hall–Kier alpha value is -1.79. The molecule has 1 aliphatic heterocycles. The van der Waals surface area contributed by atoms with Crippen LogP contribution in [0.1, 0.15) is 40.5 Å². The molecule has 0 radical (unpaired) electrons. The molecule has 126 valence electrons. The fourth-order valence-corrected chi connectivity index (χ4v) is 2.56. The summed E-state index contributed by atoms with van der Waals surface area (Å²) in [7, 11) is 1.26. The van der Waals surface area contributed by atoms with Crippen LogP contribution in [0.25, 0.3) is 0 Å². The van der Waals surface area contributed by atoms with Gasteiger partial charge in [0.25, 0.3) is 0 Å². The average Bonchev–Trinajstić information content (AvgIpc) is 2.92. The first-order chi connectivity index (χ1) is 10.3. The second-order valence-corrected chi connectivity index (χ2v) is 6.21. The van der Waals surface area contributed by atoms with Gasteiger partial charge in [-0.15, -0.1) is 0 Å². The lowest BCUT2D eigenvalue weighted by molar-refractivity contribution is -0.140. The Morgan fingerprint density at radius 3 is 2.27 bits per heavy atom. The number of rotatable bonds is 5. The molecule has 1 saturated heterocycles. The van der Waals surface area contributed by atoms with Crippen molar-refractivity contribution >= 4 is 17.9 Å². The summed E-state index contributed by atoms with van der Waals surface area (Å²) in [6, 6.07) is -1.13. The van der Waals surface area contributed by atoms with Crippen LogP contribution in [0, 0.1) is 5.92 Å². The molecule has 0 bridgehead atoms. The van der Waals surface area contributed by atoms with Gasteiger partial charge in [-0.1, -0.05) is 13.8 Å². The lowest BCUT2D eigenvalue weighted by atomic mass is 10.0. The maximum atomic E-state index is 12.7. The molecule has 0 spiro atoms. The number of methoxy groups -OCH3 is 1. The Balaban J connectivity index is 2.83. The number of amides is 3. The summed E-state index contributed by atoms with van der Waals surface area (Å²) in [4.78, 5) is 37.9. The normalized spacial score (nSPS) is 19.2. The van der Waals surface area contributed by atoms with Crippen LogP contribution in [-0.4, -0.2) is 54.6 Å². The van der Waals surface area contributed by atoms with Crippen LogP contribution in [0.4, 0.5) is 4.79 Å². The molecule has 7 heteroatoms. The molecule has 1 fully saturated rings. The van der Waals surface area contributed by atoms with Crippen molar-refractivity contribution in [1.82, 2.24) is 15.5 Å². The smallest absolute Gasteiger partial charge is 0.407 e. The molecule has 0 aliphatic carbocycles. The van der Waals surface area contributed by atoms with Crippen LogP contribution in [0.3, 0.4) is 0 Å². The van der Waals surface area contributed by atoms with E-state index in [9.17, 15) is 14.4 Å². The molecular formula is C15H27N3O4. The lowest BCUT2D eigenvalue weighted by Gasteiger charge is -2.30. The molecule has 3 amide bonds. The largest absolute Gasteiger partial charge is 0.453 e. The van der Waals surface area contributed by atoms with E-state index in [1.165, 1.54) is 7.11 Å². The van der Waals surface area contributed by atoms with Crippen LogP contribution in [0.15, 0.2) is 0 Å². The summed E-state index contributed by atoms with van der Waals surface area (Å²) in [5, 5.41) is 5.40. The molecule has 0 saturated carbocycles. The maximum Gasteiger partial charge on any atom is 0.407 e. The summed E-state index contributed by atoms with van der Waals surface area (Å²) in [5.41, 5.74) is 0. The van der Waals surface area contributed by atoms with Gasteiger partial charge in [-0.05, 0) is 32.6 Å². The van der Waals surface area contributed by atoms with Crippen molar-refractivity contribution in [1.29, 1.82) is 0 Å². The quantitative estimate of drug-likeness (QED) is 0.789. The number of carbonyl (C=O) groups excluding carboxylic acids is 3. The highest BCUT2D eigenvalue weighted by Gasteiger charge is 2.38. The predicted molar refractivity (Wildman–Crippen MR) is 82.2 cm³/mol. The van der Waals surface area contributed by atoms with E-state index in [2.05, 4.69) is 15.4 Å². The van der Waals surface area contributed by atoms with Crippen molar-refractivity contribution < 1.29 is 19.1 Å². The number of hydrogen-bond donors (Lipinski definition) is 2. The van der Waals surface area contributed by atoms with E-state index in [1.807, 2.05) is 27.7 Å². The summed E-state index contributed by atoms with van der Waals surface area (Å²) in [6.07, 6.45) is 0.785. The van der Waals surface area contributed by atoms with E-state index in [1.54, 1.807) is 4.90 Å². The zero-order valence-electron chi connectivity index (χ0n) is 14.0. The molecule has 1 rings (SSSR count). The third kappa shape index (κ3) is 4.61. The predicted octanol–water partition coefficient (Wildman–Crippen LogP) is 0.883. The van der Waals surface area contributed by atoms with Gasteiger partial charge in [0.1, 0.15) is 12.1 Å². The van der Waals surface area contributed by atoms with Gasteiger partial charge < -0.3 is 20.3 Å². The zero-order chi connectivity index (χ0) is 16.9. The van der Waals surface area contributed by atoms with Gasteiger partial charge in [0.15, 0.2) is 0 Å². The van der Waals surface area contributed by atoms with Crippen molar-refractivity contribution in [3.8, 4) is 0 Å². The van der Waals surface area contributed by atoms with Crippen molar-refractivity contribution in [2.75, 3.05) is 13.7 Å². The minimum atomic E-state index is -0.695. The number of carbonyl (C=O) groups is 3. The fraction of sp³-hybridized carbons (Fsp3) is 0.800. The fourth-order valence-electron chi connectivity index (χ4n) is 2.56. The third-order valence-electron chi connectivity index (χ3n) is 3.66. The first-order valence-electron chi connectivity index (χ1n) is 7.73. The molecule has 1 heterocycles. The minimum absolute atomic E-state index is 0.0270. The van der Waals surface area contributed by atoms with Crippen molar-refractivity contribution in [3.05, 3.63) is 0 Å². The summed E-state index contributed by atoms with van der Waals surface area (Å²) in [5.74, 6) is -0.468. The van der Waals surface area contributed by atoms with Crippen LogP contribution in [0.2, 0.25) is 0 Å². The Bertz CT molecular complexity index is 423. The van der Waals surface area contributed by atoms with Crippen LogP contribution in [-0.2, 0) is 14.3 Å². The Kier molecular flexibility index (Phi) is 6.64. The molecule has 2 atom stereocenters. The molecule has 0 aromatic carbocycles. The highest BCUT2D eigenvalue weighted by molar-refractivity contribution is 5.92. The van der Waals surface area contributed by atoms with Gasteiger partial charge in [0.05, 0.1) is 7.11 Å². The van der Waals surface area contributed by atoms with Crippen molar-refractivity contribution in [3.63, 3.8) is 0 Å². The molecule has 22 heavy (non-hydrogen) atoms. The third-order valence-corrected chi connectivity index (χ3v) is 3.66. The van der Waals surface area contributed by atoms with Crippen molar-refractivity contribution in [2.45, 2.75) is 58.7 Å². The lowest BCUT2D eigenvalue weighted by Crippen LogP contribution is -2.55. The molecule has 0 aromatic rings. The molecule has 7 nitrogen and oxygen atoms in total. The Morgan fingerprint density at radius 1 is 1.14 bits per heavy atom. The Morgan fingerprint density at radius 2 is 1.77 bits per heavy atom. The number of hydrogen-bond acceptors (Lipinski definition) is 4. The molecule has 0 aromatic heterocycles. The second-order valence-electron chi connectivity index (χ2n) is 6.21.